The van der Waals surface area contributed by atoms with Gasteiger partial charge in [0.2, 0.25) is 0 Å². The highest BCUT2D eigenvalue weighted by Crippen LogP contribution is 2.59. The van der Waals surface area contributed by atoms with E-state index >= 15 is 0 Å². The summed E-state index contributed by atoms with van der Waals surface area (Å²) in [6.45, 7) is 2.22. The Morgan fingerprint density at radius 3 is 2.90 bits per heavy atom. The summed E-state index contributed by atoms with van der Waals surface area (Å²) in [5.74, 6) is 2.78. The van der Waals surface area contributed by atoms with Crippen molar-refractivity contribution in [3.63, 3.8) is 0 Å². The lowest BCUT2D eigenvalue weighted by molar-refractivity contribution is -0.129. The number of aromatic hydroxyl groups is 1. The molecule has 0 amide bonds. The average Bonchev–Trinajstić information content (AvgIpc) is 2.74. The van der Waals surface area contributed by atoms with Crippen LogP contribution in [0.4, 0.5) is 0 Å². The molecule has 0 radical (unpaired) electrons. The standard InChI is InChI=1S/C18H22O2/c1-18-9-8-14-13-5-3-12(19)10-11(13)2-4-15(14)16(18)6-7-17(18)20/h3,5,10,14-16,19H,2,4,6-9H2,1H3/t14-,15-,16+,18+/m1/s1/i1+1,6+1,7+1,16+1,17+1,18+1. The van der Waals surface area contributed by atoms with Gasteiger partial charge in [0.15, 0.2) is 0 Å². The van der Waals surface area contributed by atoms with Gasteiger partial charge in [-0.25, -0.2) is 0 Å². The Balaban J connectivity index is 1.73. The van der Waals surface area contributed by atoms with E-state index in [-0.39, 0.29) is 5.41 Å². The molecule has 0 heterocycles. The minimum absolute atomic E-state index is 0.0322. The Morgan fingerprint density at radius 2 is 2.05 bits per heavy atom. The summed E-state index contributed by atoms with van der Waals surface area (Å²) < 4.78 is 0. The molecule has 2 heteroatoms. The van der Waals surface area contributed by atoms with Gasteiger partial charge in [-0.15, -0.1) is 0 Å². The third-order valence-corrected chi connectivity index (χ3v) is 6.42. The van der Waals surface area contributed by atoms with Crippen molar-refractivity contribution >= 4 is 5.78 Å². The van der Waals surface area contributed by atoms with Crippen LogP contribution in [-0.2, 0) is 11.2 Å². The normalized spacial score (nSPS) is 39.0. The number of phenolic OH excluding ortho intramolecular Hbond substituents is 1. The molecule has 4 atom stereocenters. The number of Topliss-reactive ketones (excluding diaryl/α,β-unsaturated/α-hetero) is 1. The molecular formula is C18H22O2. The first kappa shape index (κ1) is 12.4. The first-order valence-electron chi connectivity index (χ1n) is 7.95. The smallest absolute Gasteiger partial charge is 0.139 e. The Bertz CT molecular complexity index is 577. The summed E-state index contributed by atoms with van der Waals surface area (Å²) in [5, 5.41) is 9.67. The molecule has 0 unspecified atom stereocenters. The van der Waals surface area contributed by atoms with Crippen LogP contribution >= 0.6 is 0 Å². The number of rotatable bonds is 0. The number of phenols is 1. The fourth-order valence-corrected chi connectivity index (χ4v) is 5.34. The first-order chi connectivity index (χ1) is 9.59. The predicted octanol–water partition coefficient (Wildman–Crippen LogP) is 3.82. The first-order valence-corrected chi connectivity index (χ1v) is 7.95. The van der Waals surface area contributed by atoms with Crippen molar-refractivity contribution in [1.82, 2.24) is 0 Å². The second-order valence-corrected chi connectivity index (χ2v) is 7.22. The van der Waals surface area contributed by atoms with Crippen molar-refractivity contribution in [3.8, 4) is 5.75 Å². The molecule has 1 aromatic carbocycles. The monoisotopic (exact) mass is 276 g/mol. The molecule has 0 aliphatic heterocycles. The van der Waals surface area contributed by atoms with Crippen LogP contribution in [-0.4, -0.2) is 10.9 Å². The Labute approximate surface area is 120 Å². The van der Waals surface area contributed by atoms with Gasteiger partial charge >= 0.3 is 0 Å². The van der Waals surface area contributed by atoms with Gasteiger partial charge < -0.3 is 5.11 Å². The second-order valence-electron chi connectivity index (χ2n) is 7.22. The van der Waals surface area contributed by atoms with E-state index in [1.165, 1.54) is 17.5 Å². The Morgan fingerprint density at radius 1 is 1.20 bits per heavy atom. The summed E-state index contributed by atoms with van der Waals surface area (Å²) in [6.07, 6.45) is 6.34. The van der Waals surface area contributed by atoms with E-state index in [2.05, 4.69) is 13.0 Å². The number of aryl methyl sites for hydroxylation is 1. The third kappa shape index (κ3) is 1.54. The molecule has 1 aromatic rings. The van der Waals surface area contributed by atoms with Crippen molar-refractivity contribution in [2.24, 2.45) is 17.3 Å². The molecular weight excluding hydrogens is 254 g/mol. The maximum Gasteiger partial charge on any atom is 0.139 e. The van der Waals surface area contributed by atoms with Gasteiger partial charge in [-0.05, 0) is 73.1 Å². The molecule has 0 spiro atoms. The predicted molar refractivity (Wildman–Crippen MR) is 77.7 cm³/mol. The molecule has 4 rings (SSSR count). The summed E-state index contributed by atoms with van der Waals surface area (Å²) in [7, 11) is 0. The van der Waals surface area contributed by atoms with E-state index in [1.54, 1.807) is 0 Å². The van der Waals surface area contributed by atoms with Gasteiger partial charge in [0.05, 0.1) is 0 Å². The van der Waals surface area contributed by atoms with Crippen molar-refractivity contribution in [3.05, 3.63) is 29.3 Å². The molecule has 106 valence electrons. The molecule has 3 aliphatic rings. The van der Waals surface area contributed by atoms with Gasteiger partial charge in [-0.3, -0.25) is 4.79 Å². The number of carbonyl (C=O) groups is 1. The topological polar surface area (TPSA) is 37.3 Å². The summed E-state index contributed by atoms with van der Waals surface area (Å²) in [5.41, 5.74) is 2.75. The molecule has 0 saturated heterocycles. The number of carbonyl (C=O) groups excluding carboxylic acids is 1. The van der Waals surface area contributed by atoms with Crippen LogP contribution < -0.4 is 0 Å². The number of benzene rings is 1. The fraction of sp³-hybridized carbons (Fsp3) is 0.611. The van der Waals surface area contributed by atoms with Crippen molar-refractivity contribution < 1.29 is 9.90 Å². The van der Waals surface area contributed by atoms with Crippen molar-refractivity contribution in [1.29, 1.82) is 0 Å². The maximum absolute atomic E-state index is 12.3. The van der Waals surface area contributed by atoms with E-state index in [4.69, 9.17) is 0 Å². The SMILES string of the molecule is [13CH3][13C@]12CC[C@@H]3c4ccc(O)cc4CC[C@H]3[13C@@H]1[13CH2][13CH2][13C]2=O. The van der Waals surface area contributed by atoms with Crippen LogP contribution in [0.2, 0.25) is 0 Å². The van der Waals surface area contributed by atoms with Crippen LogP contribution in [0, 0.1) is 17.3 Å². The summed E-state index contributed by atoms with van der Waals surface area (Å²) >= 11 is 0. The molecule has 1 N–H and O–H groups in total. The van der Waals surface area contributed by atoms with E-state index in [1.807, 2.05) is 12.1 Å². The molecule has 3 aliphatic carbocycles. The highest BCUT2D eigenvalue weighted by Gasteiger charge is 2.54. The van der Waals surface area contributed by atoms with E-state index in [0.717, 1.165) is 32.1 Å². The largest absolute Gasteiger partial charge is 0.508 e. The fourth-order valence-electron chi connectivity index (χ4n) is 5.34. The maximum atomic E-state index is 12.3. The number of hydrogen-bond acceptors (Lipinski definition) is 2. The molecule has 2 fully saturated rings. The lowest BCUT2D eigenvalue weighted by Crippen LogP contribution is -2.42. The van der Waals surface area contributed by atoms with Gasteiger partial charge in [0.25, 0.3) is 0 Å². The lowest BCUT2D eigenvalue weighted by atomic mass is 9.73. The van der Waals surface area contributed by atoms with Gasteiger partial charge in [-0.2, -0.15) is 0 Å². The van der Waals surface area contributed by atoms with E-state index in [9.17, 15) is 9.90 Å². The van der Waals surface area contributed by atoms with E-state index < -0.39 is 0 Å². The zero-order valence-electron chi connectivity index (χ0n) is 12.1. The minimum atomic E-state index is -0.0322. The van der Waals surface area contributed by atoms with Crippen LogP contribution in [0.3, 0.4) is 0 Å². The van der Waals surface area contributed by atoms with Gasteiger partial charge in [0, 0.05) is 11.8 Å². The lowest BCUT2D eigenvalue weighted by Gasteiger charge is -2.48. The Kier molecular flexibility index (Phi) is 2.55. The quantitative estimate of drug-likeness (QED) is 0.731. The zero-order chi connectivity index (χ0) is 13.9. The number of fused-ring (bicyclic) bond motifs is 5. The van der Waals surface area contributed by atoms with Crippen molar-refractivity contribution in [2.45, 2.75) is 51.4 Å². The summed E-state index contributed by atoms with van der Waals surface area (Å²) in [4.78, 5) is 12.3. The molecule has 0 bridgehead atoms. The summed E-state index contributed by atoms with van der Waals surface area (Å²) in [6, 6.07) is 5.90. The number of hydrogen-bond donors (Lipinski definition) is 1. The van der Waals surface area contributed by atoms with Crippen LogP contribution in [0.1, 0.15) is 56.1 Å². The molecule has 2 saturated carbocycles. The highest BCUT2D eigenvalue weighted by atomic mass is 16.3. The van der Waals surface area contributed by atoms with Crippen LogP contribution in [0.5, 0.6) is 5.75 Å². The molecule has 2 nitrogen and oxygen atoms in total. The van der Waals surface area contributed by atoms with Gasteiger partial charge in [-0.1, -0.05) is 13.0 Å². The molecule has 20 heavy (non-hydrogen) atoms. The van der Waals surface area contributed by atoms with Crippen LogP contribution in [0.25, 0.3) is 0 Å². The highest BCUT2D eigenvalue weighted by molar-refractivity contribution is 5.87. The number of ketones is 1. The van der Waals surface area contributed by atoms with Gasteiger partial charge in [0.1, 0.15) is 11.5 Å². The minimum Gasteiger partial charge on any atom is -0.508 e. The Hall–Kier alpha value is -1.31. The molecule has 0 aromatic heterocycles. The third-order valence-electron chi connectivity index (χ3n) is 6.42. The van der Waals surface area contributed by atoms with Crippen LogP contribution in [0.15, 0.2) is 18.2 Å². The average molecular weight is 276 g/mol. The zero-order valence-corrected chi connectivity index (χ0v) is 12.1. The van der Waals surface area contributed by atoms with Crippen molar-refractivity contribution in [2.75, 3.05) is 0 Å². The second kappa shape index (κ2) is 4.09. The van der Waals surface area contributed by atoms with E-state index in [0.29, 0.717) is 29.3 Å².